The second-order valence-corrected chi connectivity index (χ2v) is 5.08. The number of imidazole rings is 1. The van der Waals surface area contributed by atoms with E-state index in [0.717, 1.165) is 29.1 Å². The van der Waals surface area contributed by atoms with Crippen molar-refractivity contribution in [1.29, 1.82) is 0 Å². The first-order chi connectivity index (χ1) is 7.75. The summed E-state index contributed by atoms with van der Waals surface area (Å²) in [7, 11) is 0. The second kappa shape index (κ2) is 5.97. The maximum Gasteiger partial charge on any atom is 0.157 e. The van der Waals surface area contributed by atoms with E-state index in [4.69, 9.17) is 9.47 Å². The number of aromatic nitrogens is 2. The zero-order chi connectivity index (χ0) is 11.4. The van der Waals surface area contributed by atoms with Crippen molar-refractivity contribution in [2.24, 2.45) is 0 Å². The Balaban J connectivity index is 1.73. The predicted octanol–water partition coefficient (Wildman–Crippen LogP) is 2.34. The minimum Gasteiger partial charge on any atom is -0.353 e. The first-order valence-electron chi connectivity index (χ1n) is 5.68. The van der Waals surface area contributed by atoms with Crippen LogP contribution < -0.4 is 0 Å². The van der Waals surface area contributed by atoms with E-state index in [1.54, 1.807) is 0 Å². The summed E-state index contributed by atoms with van der Waals surface area (Å²) in [5, 5.41) is 0. The van der Waals surface area contributed by atoms with Crippen LogP contribution in [0.2, 0.25) is 0 Å². The summed E-state index contributed by atoms with van der Waals surface area (Å²) in [5.41, 5.74) is 0. The fourth-order valence-electron chi connectivity index (χ4n) is 1.82. The summed E-state index contributed by atoms with van der Waals surface area (Å²) >= 11 is 2.22. The first kappa shape index (κ1) is 12.3. The Kier molecular flexibility index (Phi) is 4.60. The molecule has 1 atom stereocenters. The average Bonchev–Trinajstić information content (AvgIpc) is 2.59. The van der Waals surface area contributed by atoms with Gasteiger partial charge in [-0.05, 0) is 48.8 Å². The third kappa shape index (κ3) is 3.43. The minimum atomic E-state index is 0.0108. The molecule has 1 aromatic heterocycles. The van der Waals surface area contributed by atoms with Crippen LogP contribution in [-0.2, 0) is 16.0 Å². The van der Waals surface area contributed by atoms with Crippen molar-refractivity contribution in [3.63, 3.8) is 0 Å². The van der Waals surface area contributed by atoms with Gasteiger partial charge in [0, 0.05) is 19.3 Å². The molecule has 1 saturated heterocycles. The smallest absolute Gasteiger partial charge is 0.157 e. The second-order valence-electron chi connectivity index (χ2n) is 3.97. The van der Waals surface area contributed by atoms with Crippen LogP contribution in [0, 0.1) is 10.6 Å². The van der Waals surface area contributed by atoms with Crippen molar-refractivity contribution in [3.8, 4) is 0 Å². The van der Waals surface area contributed by atoms with Gasteiger partial charge in [0.1, 0.15) is 9.53 Å². The van der Waals surface area contributed by atoms with E-state index < -0.39 is 0 Å². The lowest BCUT2D eigenvalue weighted by molar-refractivity contribution is -0.163. The van der Waals surface area contributed by atoms with Crippen LogP contribution >= 0.6 is 22.6 Å². The highest BCUT2D eigenvalue weighted by atomic mass is 127. The van der Waals surface area contributed by atoms with Crippen molar-refractivity contribution >= 4 is 22.6 Å². The zero-order valence-electron chi connectivity index (χ0n) is 9.49. The van der Waals surface area contributed by atoms with Crippen molar-refractivity contribution in [2.45, 2.75) is 39.0 Å². The van der Waals surface area contributed by atoms with E-state index in [2.05, 4.69) is 32.1 Å². The molecule has 2 rings (SSSR count). The molecule has 16 heavy (non-hydrogen) atoms. The summed E-state index contributed by atoms with van der Waals surface area (Å²) in [6.07, 6.45) is 5.46. The van der Waals surface area contributed by atoms with Gasteiger partial charge in [-0.15, -0.1) is 0 Å². The van der Waals surface area contributed by atoms with Gasteiger partial charge in [-0.2, -0.15) is 0 Å². The van der Waals surface area contributed by atoms with Crippen LogP contribution in [0.15, 0.2) is 6.20 Å². The SMILES string of the molecule is Cc1nc(I)cn1CCOC1CCCCO1. The molecule has 1 aliphatic rings. The van der Waals surface area contributed by atoms with Gasteiger partial charge in [0.15, 0.2) is 6.29 Å². The molecule has 1 unspecified atom stereocenters. The largest absolute Gasteiger partial charge is 0.353 e. The molecule has 1 fully saturated rings. The molecule has 2 heterocycles. The van der Waals surface area contributed by atoms with E-state index in [1.807, 2.05) is 13.1 Å². The number of aryl methyl sites for hydroxylation is 1. The van der Waals surface area contributed by atoms with Crippen LogP contribution in [0.1, 0.15) is 25.1 Å². The summed E-state index contributed by atoms with van der Waals surface area (Å²) in [4.78, 5) is 4.34. The van der Waals surface area contributed by atoms with Crippen LogP contribution in [0.3, 0.4) is 0 Å². The number of hydrogen-bond acceptors (Lipinski definition) is 3. The van der Waals surface area contributed by atoms with Crippen molar-refractivity contribution in [2.75, 3.05) is 13.2 Å². The lowest BCUT2D eigenvalue weighted by Gasteiger charge is -2.22. The molecular weight excluding hydrogens is 319 g/mol. The third-order valence-corrected chi connectivity index (χ3v) is 3.24. The van der Waals surface area contributed by atoms with Gasteiger partial charge in [0.05, 0.1) is 6.61 Å². The topological polar surface area (TPSA) is 36.3 Å². The van der Waals surface area contributed by atoms with E-state index in [-0.39, 0.29) is 6.29 Å². The van der Waals surface area contributed by atoms with Gasteiger partial charge in [-0.3, -0.25) is 0 Å². The minimum absolute atomic E-state index is 0.0108. The molecule has 1 aromatic rings. The Bertz CT molecular complexity index is 335. The van der Waals surface area contributed by atoms with Crippen molar-refractivity contribution < 1.29 is 9.47 Å². The van der Waals surface area contributed by atoms with Crippen molar-refractivity contribution in [1.82, 2.24) is 9.55 Å². The van der Waals surface area contributed by atoms with Crippen LogP contribution in [-0.4, -0.2) is 29.1 Å². The molecule has 0 aromatic carbocycles. The molecule has 0 amide bonds. The third-order valence-electron chi connectivity index (χ3n) is 2.72. The molecule has 0 saturated carbocycles. The van der Waals surface area contributed by atoms with E-state index >= 15 is 0 Å². The quantitative estimate of drug-likeness (QED) is 0.792. The van der Waals surface area contributed by atoms with Gasteiger partial charge in [0.2, 0.25) is 0 Å². The fourth-order valence-corrected chi connectivity index (χ4v) is 2.51. The molecule has 0 bridgehead atoms. The van der Waals surface area contributed by atoms with Crippen molar-refractivity contribution in [3.05, 3.63) is 15.7 Å². The Morgan fingerprint density at radius 1 is 1.62 bits per heavy atom. The van der Waals surface area contributed by atoms with E-state index in [9.17, 15) is 0 Å². The van der Waals surface area contributed by atoms with Crippen LogP contribution in [0.4, 0.5) is 0 Å². The molecule has 90 valence electrons. The van der Waals surface area contributed by atoms with Gasteiger partial charge < -0.3 is 14.0 Å². The van der Waals surface area contributed by atoms with E-state index in [0.29, 0.717) is 6.61 Å². The Hall–Kier alpha value is -0.140. The number of rotatable bonds is 4. The van der Waals surface area contributed by atoms with Gasteiger partial charge in [-0.1, -0.05) is 0 Å². The normalized spacial score (nSPS) is 21.2. The molecule has 0 aliphatic carbocycles. The van der Waals surface area contributed by atoms with Crippen LogP contribution in [0.5, 0.6) is 0 Å². The average molecular weight is 336 g/mol. The number of hydrogen-bond donors (Lipinski definition) is 0. The summed E-state index contributed by atoms with van der Waals surface area (Å²) in [6, 6.07) is 0. The highest BCUT2D eigenvalue weighted by molar-refractivity contribution is 14.1. The van der Waals surface area contributed by atoms with Gasteiger partial charge in [0.25, 0.3) is 0 Å². The highest BCUT2D eigenvalue weighted by Gasteiger charge is 2.13. The van der Waals surface area contributed by atoms with Crippen LogP contribution in [0.25, 0.3) is 0 Å². The maximum absolute atomic E-state index is 5.68. The molecule has 0 N–H and O–H groups in total. The standard InChI is InChI=1S/C11H17IN2O2/c1-9-13-10(12)8-14(9)5-7-16-11-4-2-3-6-15-11/h8,11H,2-7H2,1H3. The van der Waals surface area contributed by atoms with E-state index in [1.165, 1.54) is 12.8 Å². The molecule has 4 nitrogen and oxygen atoms in total. The molecular formula is C11H17IN2O2. The Labute approximate surface area is 109 Å². The number of nitrogens with zero attached hydrogens (tertiary/aromatic N) is 2. The Morgan fingerprint density at radius 2 is 2.50 bits per heavy atom. The molecule has 5 heteroatoms. The summed E-state index contributed by atoms with van der Waals surface area (Å²) < 4.78 is 14.3. The summed E-state index contributed by atoms with van der Waals surface area (Å²) in [6.45, 7) is 4.39. The monoisotopic (exact) mass is 336 g/mol. The number of ether oxygens (including phenoxy) is 2. The summed E-state index contributed by atoms with van der Waals surface area (Å²) in [5.74, 6) is 1.04. The Morgan fingerprint density at radius 3 is 3.12 bits per heavy atom. The predicted molar refractivity (Wildman–Crippen MR) is 69.2 cm³/mol. The first-order valence-corrected chi connectivity index (χ1v) is 6.76. The zero-order valence-corrected chi connectivity index (χ0v) is 11.6. The highest BCUT2D eigenvalue weighted by Crippen LogP contribution is 2.13. The fraction of sp³-hybridized carbons (Fsp3) is 0.727. The lowest BCUT2D eigenvalue weighted by Crippen LogP contribution is -2.24. The molecule has 1 aliphatic heterocycles. The van der Waals surface area contributed by atoms with Gasteiger partial charge in [-0.25, -0.2) is 4.98 Å². The molecule has 0 spiro atoms. The lowest BCUT2D eigenvalue weighted by atomic mass is 10.2. The molecule has 0 radical (unpaired) electrons. The van der Waals surface area contributed by atoms with Gasteiger partial charge >= 0.3 is 0 Å². The maximum atomic E-state index is 5.68. The number of halogens is 1.